The molecule has 98 valence electrons. The molecule has 0 amide bonds. The topological polar surface area (TPSA) is 21.3 Å². The van der Waals surface area contributed by atoms with E-state index in [0.29, 0.717) is 0 Å². The maximum absolute atomic E-state index is 5.92. The third-order valence-electron chi connectivity index (χ3n) is 3.43. The summed E-state index contributed by atoms with van der Waals surface area (Å²) in [5.74, 6) is 1.03. The van der Waals surface area contributed by atoms with E-state index in [0.717, 1.165) is 28.9 Å². The minimum atomic E-state index is 0.213. The fourth-order valence-corrected chi connectivity index (χ4v) is 2.78. The van der Waals surface area contributed by atoms with Crippen LogP contribution in [-0.4, -0.2) is 12.6 Å². The molecule has 19 heavy (non-hydrogen) atoms. The second-order valence-electron chi connectivity index (χ2n) is 4.87. The van der Waals surface area contributed by atoms with Gasteiger partial charge >= 0.3 is 0 Å². The van der Waals surface area contributed by atoms with Crippen molar-refractivity contribution in [2.45, 2.75) is 19.4 Å². The van der Waals surface area contributed by atoms with Gasteiger partial charge in [-0.1, -0.05) is 30.3 Å². The van der Waals surface area contributed by atoms with Crippen LogP contribution in [0.1, 0.15) is 11.1 Å². The highest BCUT2D eigenvalue weighted by molar-refractivity contribution is 9.10. The van der Waals surface area contributed by atoms with Crippen molar-refractivity contribution in [3.05, 3.63) is 58.1 Å². The summed E-state index contributed by atoms with van der Waals surface area (Å²) in [6.45, 7) is 2.91. The number of aryl methyl sites for hydroxylation is 1. The van der Waals surface area contributed by atoms with Crippen LogP contribution in [0.15, 0.2) is 46.9 Å². The molecule has 0 aromatic heterocycles. The largest absolute Gasteiger partial charge is 0.488 e. The van der Waals surface area contributed by atoms with Gasteiger partial charge in [0.2, 0.25) is 0 Å². The average molecular weight is 318 g/mol. The van der Waals surface area contributed by atoms with Gasteiger partial charge in [-0.15, -0.1) is 0 Å². The Morgan fingerprint density at radius 1 is 1.21 bits per heavy atom. The lowest BCUT2D eigenvalue weighted by Gasteiger charge is -2.14. The summed E-state index contributed by atoms with van der Waals surface area (Å²) >= 11 is 3.61. The van der Waals surface area contributed by atoms with E-state index >= 15 is 0 Å². The fourth-order valence-electron chi connectivity index (χ4n) is 2.38. The molecule has 0 radical (unpaired) electrons. The van der Waals surface area contributed by atoms with Crippen molar-refractivity contribution in [2.75, 3.05) is 11.9 Å². The minimum absolute atomic E-state index is 0.213. The molecule has 1 aliphatic rings. The summed E-state index contributed by atoms with van der Waals surface area (Å²) in [6, 6.07) is 14.5. The highest BCUT2D eigenvalue weighted by Crippen LogP contribution is 2.29. The maximum Gasteiger partial charge on any atom is 0.123 e. The van der Waals surface area contributed by atoms with Crippen LogP contribution < -0.4 is 10.1 Å². The molecule has 0 spiro atoms. The highest BCUT2D eigenvalue weighted by atomic mass is 79.9. The molecule has 2 aromatic rings. The standard InChI is InChI=1S/C16H16BrNO/c1-11-5-4-7-14(16(11)17)18-10-13-9-12-6-2-3-8-15(12)19-13/h2-8,13,18H,9-10H2,1H3. The van der Waals surface area contributed by atoms with Crippen LogP contribution in [0.5, 0.6) is 5.75 Å². The molecule has 1 N–H and O–H groups in total. The maximum atomic E-state index is 5.92. The van der Waals surface area contributed by atoms with Gasteiger partial charge in [0.25, 0.3) is 0 Å². The molecular weight excluding hydrogens is 302 g/mol. The molecule has 0 fully saturated rings. The zero-order chi connectivity index (χ0) is 13.2. The third-order valence-corrected chi connectivity index (χ3v) is 4.48. The van der Waals surface area contributed by atoms with E-state index in [1.54, 1.807) is 0 Å². The van der Waals surface area contributed by atoms with Crippen LogP contribution in [0, 0.1) is 6.92 Å². The predicted octanol–water partition coefficient (Wildman–Crippen LogP) is 4.17. The summed E-state index contributed by atoms with van der Waals surface area (Å²) in [5, 5.41) is 3.46. The van der Waals surface area contributed by atoms with Crippen LogP contribution >= 0.6 is 15.9 Å². The van der Waals surface area contributed by atoms with Crippen LogP contribution in [-0.2, 0) is 6.42 Å². The van der Waals surface area contributed by atoms with Gasteiger partial charge in [0.15, 0.2) is 0 Å². The molecule has 0 saturated heterocycles. The van der Waals surface area contributed by atoms with Gasteiger partial charge in [-0.2, -0.15) is 0 Å². The number of fused-ring (bicyclic) bond motifs is 1. The van der Waals surface area contributed by atoms with Crippen molar-refractivity contribution in [1.29, 1.82) is 0 Å². The number of rotatable bonds is 3. The molecule has 3 rings (SSSR count). The molecule has 3 heteroatoms. The van der Waals surface area contributed by atoms with Crippen LogP contribution in [0.4, 0.5) is 5.69 Å². The molecule has 2 nitrogen and oxygen atoms in total. The van der Waals surface area contributed by atoms with Gasteiger partial charge < -0.3 is 10.1 Å². The van der Waals surface area contributed by atoms with E-state index in [1.165, 1.54) is 11.1 Å². The number of hydrogen-bond acceptors (Lipinski definition) is 2. The minimum Gasteiger partial charge on any atom is -0.488 e. The Bertz CT molecular complexity index is 572. The normalized spacial score (nSPS) is 16.8. The Morgan fingerprint density at radius 2 is 2.05 bits per heavy atom. The zero-order valence-electron chi connectivity index (χ0n) is 10.8. The van der Waals surface area contributed by atoms with E-state index in [9.17, 15) is 0 Å². The Labute approximate surface area is 121 Å². The second-order valence-corrected chi connectivity index (χ2v) is 5.66. The van der Waals surface area contributed by atoms with Crippen LogP contribution in [0.2, 0.25) is 0 Å². The average Bonchev–Trinajstić information content (AvgIpc) is 2.83. The van der Waals surface area contributed by atoms with Gasteiger partial charge in [-0.05, 0) is 46.1 Å². The molecular formula is C16H16BrNO. The summed E-state index contributed by atoms with van der Waals surface area (Å²) in [5.41, 5.74) is 3.66. The predicted molar refractivity (Wildman–Crippen MR) is 81.9 cm³/mol. The lowest BCUT2D eigenvalue weighted by Crippen LogP contribution is -2.24. The molecule has 0 bridgehead atoms. The quantitative estimate of drug-likeness (QED) is 0.917. The van der Waals surface area contributed by atoms with E-state index in [1.807, 2.05) is 12.1 Å². The lowest BCUT2D eigenvalue weighted by molar-refractivity contribution is 0.246. The molecule has 1 atom stereocenters. The van der Waals surface area contributed by atoms with Crippen molar-refractivity contribution in [1.82, 2.24) is 0 Å². The van der Waals surface area contributed by atoms with Gasteiger partial charge in [-0.25, -0.2) is 0 Å². The number of para-hydroxylation sites is 1. The van der Waals surface area contributed by atoms with E-state index in [-0.39, 0.29) is 6.10 Å². The first-order valence-corrected chi connectivity index (χ1v) is 7.27. The van der Waals surface area contributed by atoms with Gasteiger partial charge in [-0.3, -0.25) is 0 Å². The smallest absolute Gasteiger partial charge is 0.123 e. The molecule has 1 unspecified atom stereocenters. The first kappa shape index (κ1) is 12.5. The molecule has 0 aliphatic carbocycles. The molecule has 1 aliphatic heterocycles. The summed E-state index contributed by atoms with van der Waals surface area (Å²) in [7, 11) is 0. The summed E-state index contributed by atoms with van der Waals surface area (Å²) in [4.78, 5) is 0. The number of hydrogen-bond donors (Lipinski definition) is 1. The Morgan fingerprint density at radius 3 is 2.89 bits per heavy atom. The number of ether oxygens (including phenoxy) is 1. The number of benzene rings is 2. The van der Waals surface area contributed by atoms with Gasteiger partial charge in [0.05, 0.1) is 6.54 Å². The lowest BCUT2D eigenvalue weighted by atomic mass is 10.1. The second kappa shape index (κ2) is 5.25. The zero-order valence-corrected chi connectivity index (χ0v) is 12.4. The van der Waals surface area contributed by atoms with Crippen molar-refractivity contribution < 1.29 is 4.74 Å². The van der Waals surface area contributed by atoms with Crippen LogP contribution in [0.25, 0.3) is 0 Å². The summed E-state index contributed by atoms with van der Waals surface area (Å²) < 4.78 is 7.05. The van der Waals surface area contributed by atoms with Crippen molar-refractivity contribution in [2.24, 2.45) is 0 Å². The highest BCUT2D eigenvalue weighted by Gasteiger charge is 2.22. The van der Waals surface area contributed by atoms with E-state index in [4.69, 9.17) is 4.74 Å². The SMILES string of the molecule is Cc1cccc(NCC2Cc3ccccc3O2)c1Br. The monoisotopic (exact) mass is 317 g/mol. The Balaban J connectivity index is 1.64. The first-order valence-electron chi connectivity index (χ1n) is 6.47. The number of halogens is 1. The van der Waals surface area contributed by atoms with Crippen molar-refractivity contribution in [3.8, 4) is 5.75 Å². The number of anilines is 1. The number of nitrogens with one attached hydrogen (secondary N) is 1. The van der Waals surface area contributed by atoms with Gasteiger partial charge in [0.1, 0.15) is 11.9 Å². The first-order chi connectivity index (χ1) is 9.24. The summed E-state index contributed by atoms with van der Waals surface area (Å²) in [6.07, 6.45) is 1.19. The Hall–Kier alpha value is -1.48. The van der Waals surface area contributed by atoms with Crippen LogP contribution in [0.3, 0.4) is 0 Å². The fraction of sp³-hybridized carbons (Fsp3) is 0.250. The Kier molecular flexibility index (Phi) is 3.47. The van der Waals surface area contributed by atoms with Gasteiger partial charge in [0, 0.05) is 16.6 Å². The molecule has 0 saturated carbocycles. The van der Waals surface area contributed by atoms with E-state index < -0.39 is 0 Å². The molecule has 1 heterocycles. The van der Waals surface area contributed by atoms with Crippen molar-refractivity contribution in [3.63, 3.8) is 0 Å². The van der Waals surface area contributed by atoms with Crippen molar-refractivity contribution >= 4 is 21.6 Å². The third kappa shape index (κ3) is 2.61. The van der Waals surface area contributed by atoms with E-state index in [2.05, 4.69) is 58.5 Å². The molecule has 2 aromatic carbocycles.